The minimum atomic E-state index is -0.914. The van der Waals surface area contributed by atoms with Gasteiger partial charge in [-0.15, -0.1) is 0 Å². The molecule has 1 amide bonds. The first-order valence-corrected chi connectivity index (χ1v) is 8.52. The van der Waals surface area contributed by atoms with Crippen LogP contribution in [0.4, 0.5) is 14.5 Å². The molecule has 1 aliphatic rings. The third-order valence-corrected chi connectivity index (χ3v) is 4.54. The van der Waals surface area contributed by atoms with Gasteiger partial charge in [-0.1, -0.05) is 29.8 Å². The number of amides is 1. The van der Waals surface area contributed by atoms with Crippen molar-refractivity contribution in [2.24, 2.45) is 0 Å². The summed E-state index contributed by atoms with van der Waals surface area (Å²) in [6, 6.07) is 10.3. The standard InChI is InChI=1S/C19H14ClF2N3O/c20-12-4-1-3-11(9-12)17-18(16(24-25-17)10-7-8-10)23-19(26)15-13(21)5-2-6-14(15)22/h1-6,9-10H,7-8H2,(H,23,26)(H,24,25). The van der Waals surface area contributed by atoms with E-state index in [0.717, 1.165) is 30.7 Å². The number of carbonyl (C=O) groups is 1. The Morgan fingerprint density at radius 2 is 1.85 bits per heavy atom. The van der Waals surface area contributed by atoms with E-state index in [1.54, 1.807) is 24.3 Å². The van der Waals surface area contributed by atoms with Crippen LogP contribution in [-0.2, 0) is 0 Å². The average Bonchev–Trinajstić information content (AvgIpc) is 3.36. The summed E-state index contributed by atoms with van der Waals surface area (Å²) in [5.41, 5.74) is 1.75. The second kappa shape index (κ2) is 6.53. The Bertz CT molecular complexity index is 978. The number of nitrogens with zero attached hydrogens (tertiary/aromatic N) is 1. The van der Waals surface area contributed by atoms with Gasteiger partial charge in [0.25, 0.3) is 5.91 Å². The van der Waals surface area contributed by atoms with Gasteiger partial charge in [-0.2, -0.15) is 5.10 Å². The summed E-state index contributed by atoms with van der Waals surface area (Å²) in [6.07, 6.45) is 1.93. The Kier molecular flexibility index (Phi) is 4.20. The van der Waals surface area contributed by atoms with Crippen molar-refractivity contribution >= 4 is 23.2 Å². The first-order chi connectivity index (χ1) is 12.5. The lowest BCUT2D eigenvalue weighted by molar-refractivity contribution is 0.101. The van der Waals surface area contributed by atoms with Gasteiger partial charge in [0.05, 0.1) is 11.4 Å². The van der Waals surface area contributed by atoms with Gasteiger partial charge in [-0.05, 0) is 37.1 Å². The van der Waals surface area contributed by atoms with E-state index < -0.39 is 23.1 Å². The number of carbonyl (C=O) groups excluding carboxylic acids is 1. The van der Waals surface area contributed by atoms with Crippen molar-refractivity contribution in [2.45, 2.75) is 18.8 Å². The fourth-order valence-corrected chi connectivity index (χ4v) is 3.08. The van der Waals surface area contributed by atoms with Gasteiger partial charge in [-0.3, -0.25) is 9.89 Å². The molecule has 3 aromatic rings. The Labute approximate surface area is 153 Å². The van der Waals surface area contributed by atoms with Gasteiger partial charge in [0.15, 0.2) is 0 Å². The molecule has 4 nitrogen and oxygen atoms in total. The SMILES string of the molecule is O=C(Nc1c(-c2cccc(Cl)c2)n[nH]c1C1CC1)c1c(F)cccc1F. The Hall–Kier alpha value is -2.73. The molecular formula is C19H14ClF2N3O. The second-order valence-corrected chi connectivity index (χ2v) is 6.63. The molecule has 0 radical (unpaired) electrons. The summed E-state index contributed by atoms with van der Waals surface area (Å²) in [4.78, 5) is 12.5. The minimum absolute atomic E-state index is 0.246. The summed E-state index contributed by atoms with van der Waals surface area (Å²) < 4.78 is 27.9. The van der Waals surface area contributed by atoms with Crippen LogP contribution in [0.15, 0.2) is 42.5 Å². The predicted octanol–water partition coefficient (Wildman–Crippen LogP) is 5.14. The van der Waals surface area contributed by atoms with Gasteiger partial charge in [-0.25, -0.2) is 8.78 Å². The molecule has 1 fully saturated rings. The third-order valence-electron chi connectivity index (χ3n) is 4.31. The first-order valence-electron chi connectivity index (χ1n) is 8.14. The van der Waals surface area contributed by atoms with E-state index in [2.05, 4.69) is 15.5 Å². The maximum atomic E-state index is 13.9. The van der Waals surface area contributed by atoms with E-state index in [1.165, 1.54) is 6.07 Å². The Balaban J connectivity index is 1.76. The molecule has 4 rings (SSSR count). The lowest BCUT2D eigenvalue weighted by atomic mass is 10.1. The second-order valence-electron chi connectivity index (χ2n) is 6.20. The molecule has 132 valence electrons. The van der Waals surface area contributed by atoms with Gasteiger partial charge >= 0.3 is 0 Å². The van der Waals surface area contributed by atoms with Gasteiger partial charge in [0.1, 0.15) is 22.9 Å². The highest BCUT2D eigenvalue weighted by Gasteiger charge is 2.31. The van der Waals surface area contributed by atoms with E-state index in [-0.39, 0.29) is 5.92 Å². The molecule has 0 bridgehead atoms. The molecule has 7 heteroatoms. The molecule has 0 aliphatic heterocycles. The Morgan fingerprint density at radius 3 is 2.50 bits per heavy atom. The van der Waals surface area contributed by atoms with Crippen molar-refractivity contribution in [1.82, 2.24) is 10.2 Å². The minimum Gasteiger partial charge on any atom is -0.318 e. The third kappa shape index (κ3) is 3.08. The maximum Gasteiger partial charge on any atom is 0.261 e. The average molecular weight is 374 g/mol. The molecule has 1 aliphatic carbocycles. The van der Waals surface area contributed by atoms with Gasteiger partial charge < -0.3 is 5.32 Å². The van der Waals surface area contributed by atoms with E-state index in [4.69, 9.17) is 11.6 Å². The molecule has 2 aromatic carbocycles. The zero-order chi connectivity index (χ0) is 18.3. The van der Waals surface area contributed by atoms with Crippen LogP contribution in [0.25, 0.3) is 11.3 Å². The Morgan fingerprint density at radius 1 is 1.15 bits per heavy atom. The topological polar surface area (TPSA) is 57.8 Å². The van der Waals surface area contributed by atoms with Crippen molar-refractivity contribution in [3.8, 4) is 11.3 Å². The van der Waals surface area contributed by atoms with Crippen molar-refractivity contribution in [2.75, 3.05) is 5.32 Å². The highest BCUT2D eigenvalue weighted by Crippen LogP contribution is 2.45. The number of H-pyrrole nitrogens is 1. The predicted molar refractivity (Wildman–Crippen MR) is 95.3 cm³/mol. The number of nitrogens with one attached hydrogen (secondary N) is 2. The number of hydrogen-bond acceptors (Lipinski definition) is 2. The molecule has 26 heavy (non-hydrogen) atoms. The van der Waals surface area contributed by atoms with Crippen LogP contribution in [0, 0.1) is 11.6 Å². The van der Waals surface area contributed by atoms with Crippen LogP contribution in [0.1, 0.15) is 34.8 Å². The molecule has 0 spiro atoms. The van der Waals surface area contributed by atoms with Crippen LogP contribution in [0.3, 0.4) is 0 Å². The van der Waals surface area contributed by atoms with Crippen LogP contribution < -0.4 is 5.32 Å². The number of aromatic nitrogens is 2. The molecule has 1 heterocycles. The van der Waals surface area contributed by atoms with E-state index in [1.807, 2.05) is 0 Å². The van der Waals surface area contributed by atoms with E-state index >= 15 is 0 Å². The largest absolute Gasteiger partial charge is 0.318 e. The molecule has 1 aromatic heterocycles. The lowest BCUT2D eigenvalue weighted by Gasteiger charge is -2.10. The van der Waals surface area contributed by atoms with Crippen molar-refractivity contribution in [1.29, 1.82) is 0 Å². The quantitative estimate of drug-likeness (QED) is 0.665. The highest BCUT2D eigenvalue weighted by molar-refractivity contribution is 6.30. The molecule has 0 unspecified atom stereocenters. The fourth-order valence-electron chi connectivity index (χ4n) is 2.88. The summed E-state index contributed by atoms with van der Waals surface area (Å²) in [6.45, 7) is 0. The zero-order valence-electron chi connectivity index (χ0n) is 13.5. The summed E-state index contributed by atoms with van der Waals surface area (Å²) >= 11 is 6.05. The summed E-state index contributed by atoms with van der Waals surface area (Å²) in [5, 5.41) is 10.4. The van der Waals surface area contributed by atoms with Crippen LogP contribution in [0.2, 0.25) is 5.02 Å². The lowest BCUT2D eigenvalue weighted by Crippen LogP contribution is -2.17. The van der Waals surface area contributed by atoms with E-state index in [0.29, 0.717) is 22.0 Å². The number of halogens is 3. The molecular weight excluding hydrogens is 360 g/mol. The first kappa shape index (κ1) is 16.7. The fraction of sp³-hybridized carbons (Fsp3) is 0.158. The molecule has 1 saturated carbocycles. The van der Waals surface area contributed by atoms with E-state index in [9.17, 15) is 13.6 Å². The van der Waals surface area contributed by atoms with Gasteiger partial charge in [0, 0.05) is 16.5 Å². The monoisotopic (exact) mass is 373 g/mol. The van der Waals surface area contributed by atoms with Gasteiger partial charge in [0.2, 0.25) is 0 Å². The normalized spacial score (nSPS) is 13.7. The smallest absolute Gasteiger partial charge is 0.261 e. The number of benzene rings is 2. The molecule has 0 saturated heterocycles. The number of hydrogen-bond donors (Lipinski definition) is 2. The van der Waals surface area contributed by atoms with Crippen molar-refractivity contribution in [3.63, 3.8) is 0 Å². The summed E-state index contributed by atoms with van der Waals surface area (Å²) in [7, 11) is 0. The van der Waals surface area contributed by atoms with Crippen LogP contribution >= 0.6 is 11.6 Å². The van der Waals surface area contributed by atoms with Crippen molar-refractivity contribution < 1.29 is 13.6 Å². The number of rotatable bonds is 4. The molecule has 2 N–H and O–H groups in total. The number of anilines is 1. The zero-order valence-corrected chi connectivity index (χ0v) is 14.3. The molecule has 0 atom stereocenters. The van der Waals surface area contributed by atoms with Crippen LogP contribution in [-0.4, -0.2) is 16.1 Å². The summed E-state index contributed by atoms with van der Waals surface area (Å²) in [5.74, 6) is -2.44. The van der Waals surface area contributed by atoms with Crippen LogP contribution in [0.5, 0.6) is 0 Å². The highest BCUT2D eigenvalue weighted by atomic mass is 35.5. The maximum absolute atomic E-state index is 13.9. The van der Waals surface area contributed by atoms with Crippen molar-refractivity contribution in [3.05, 3.63) is 70.4 Å². The number of aromatic amines is 1.